The van der Waals surface area contributed by atoms with E-state index in [-0.39, 0.29) is 5.91 Å². The average Bonchev–Trinajstić information content (AvgIpc) is 2.36. The van der Waals surface area contributed by atoms with Crippen molar-refractivity contribution in [1.29, 1.82) is 0 Å². The number of benzene rings is 1. The predicted molar refractivity (Wildman–Crippen MR) is 79.2 cm³/mol. The van der Waals surface area contributed by atoms with Gasteiger partial charge < -0.3 is 16.0 Å². The fourth-order valence-corrected chi connectivity index (χ4v) is 1.63. The molecule has 0 saturated heterocycles. The van der Waals surface area contributed by atoms with Gasteiger partial charge in [-0.1, -0.05) is 12.1 Å². The standard InChI is InChI=1S/C14H22N4O/c1-4-15-14(16-5-2)17-10-12-7-6-8-13(9-12)18-11(3)19/h6-9H,4-5,10H2,1-3H3,(H,18,19)(H2,15,16,17). The average molecular weight is 262 g/mol. The molecular weight excluding hydrogens is 240 g/mol. The number of hydrogen-bond acceptors (Lipinski definition) is 2. The Hall–Kier alpha value is -2.04. The summed E-state index contributed by atoms with van der Waals surface area (Å²) in [6.07, 6.45) is 0. The van der Waals surface area contributed by atoms with E-state index in [0.717, 1.165) is 30.3 Å². The van der Waals surface area contributed by atoms with Crippen molar-refractivity contribution in [2.24, 2.45) is 4.99 Å². The van der Waals surface area contributed by atoms with Gasteiger partial charge in [0.15, 0.2) is 5.96 Å². The molecule has 0 aliphatic carbocycles. The van der Waals surface area contributed by atoms with E-state index in [9.17, 15) is 4.79 Å². The number of guanidine groups is 1. The minimum atomic E-state index is -0.0679. The van der Waals surface area contributed by atoms with Gasteiger partial charge in [0.1, 0.15) is 0 Å². The number of hydrogen-bond donors (Lipinski definition) is 3. The third kappa shape index (κ3) is 5.90. The molecule has 0 heterocycles. The topological polar surface area (TPSA) is 65.5 Å². The van der Waals surface area contributed by atoms with Gasteiger partial charge in [0.2, 0.25) is 5.91 Å². The van der Waals surface area contributed by atoms with Gasteiger partial charge in [-0.2, -0.15) is 0 Å². The fraction of sp³-hybridized carbons (Fsp3) is 0.429. The first-order valence-corrected chi connectivity index (χ1v) is 6.54. The molecule has 0 spiro atoms. The monoisotopic (exact) mass is 262 g/mol. The van der Waals surface area contributed by atoms with Gasteiger partial charge in [0, 0.05) is 25.7 Å². The molecular formula is C14H22N4O. The first-order valence-electron chi connectivity index (χ1n) is 6.54. The highest BCUT2D eigenvalue weighted by molar-refractivity contribution is 5.88. The van der Waals surface area contributed by atoms with E-state index < -0.39 is 0 Å². The van der Waals surface area contributed by atoms with Crippen molar-refractivity contribution < 1.29 is 4.79 Å². The SMILES string of the molecule is CCNC(=NCc1cccc(NC(C)=O)c1)NCC. The Morgan fingerprint density at radius 2 is 1.89 bits per heavy atom. The number of nitrogens with zero attached hydrogens (tertiary/aromatic N) is 1. The van der Waals surface area contributed by atoms with Crippen LogP contribution in [0, 0.1) is 0 Å². The van der Waals surface area contributed by atoms with Gasteiger partial charge in [-0.25, -0.2) is 4.99 Å². The summed E-state index contributed by atoms with van der Waals surface area (Å²) in [5.41, 5.74) is 1.85. The second-order valence-corrected chi connectivity index (χ2v) is 4.11. The quantitative estimate of drug-likeness (QED) is 0.559. The second-order valence-electron chi connectivity index (χ2n) is 4.11. The van der Waals surface area contributed by atoms with Gasteiger partial charge in [0.25, 0.3) is 0 Å². The molecule has 0 bridgehead atoms. The molecule has 5 nitrogen and oxygen atoms in total. The molecule has 5 heteroatoms. The molecule has 1 amide bonds. The number of nitrogens with one attached hydrogen (secondary N) is 3. The Bertz CT molecular complexity index is 435. The first-order chi connectivity index (χ1) is 9.15. The summed E-state index contributed by atoms with van der Waals surface area (Å²) in [5.74, 6) is 0.733. The van der Waals surface area contributed by atoms with Gasteiger partial charge >= 0.3 is 0 Å². The van der Waals surface area contributed by atoms with Crippen molar-refractivity contribution in [3.63, 3.8) is 0 Å². The molecule has 0 saturated carbocycles. The normalized spacial score (nSPS) is 9.63. The zero-order valence-corrected chi connectivity index (χ0v) is 11.8. The maximum Gasteiger partial charge on any atom is 0.221 e. The summed E-state index contributed by atoms with van der Waals surface area (Å²) in [6.45, 7) is 7.80. The van der Waals surface area contributed by atoms with Crippen molar-refractivity contribution in [2.75, 3.05) is 18.4 Å². The van der Waals surface area contributed by atoms with E-state index in [2.05, 4.69) is 20.9 Å². The van der Waals surface area contributed by atoms with Gasteiger partial charge in [0.05, 0.1) is 6.54 Å². The molecule has 0 aliphatic heterocycles. The van der Waals surface area contributed by atoms with E-state index in [0.29, 0.717) is 6.54 Å². The maximum atomic E-state index is 11.0. The zero-order chi connectivity index (χ0) is 14.1. The molecule has 19 heavy (non-hydrogen) atoms. The van der Waals surface area contributed by atoms with Crippen LogP contribution >= 0.6 is 0 Å². The fourth-order valence-electron chi connectivity index (χ4n) is 1.63. The Labute approximate surface area is 114 Å². The molecule has 0 atom stereocenters. The molecule has 1 aromatic rings. The Morgan fingerprint density at radius 3 is 2.47 bits per heavy atom. The Kier molecular flexibility index (Phi) is 6.43. The van der Waals surface area contributed by atoms with Crippen molar-refractivity contribution >= 4 is 17.6 Å². The highest BCUT2D eigenvalue weighted by Crippen LogP contribution is 2.11. The summed E-state index contributed by atoms with van der Waals surface area (Å²) in [4.78, 5) is 15.5. The number of anilines is 1. The first kappa shape index (κ1) is 15.0. The lowest BCUT2D eigenvalue weighted by Gasteiger charge is -2.09. The van der Waals surface area contributed by atoms with Crippen LogP contribution in [0.1, 0.15) is 26.3 Å². The number of carbonyl (C=O) groups is 1. The number of aliphatic imine (C=N–C) groups is 1. The maximum absolute atomic E-state index is 11.0. The molecule has 0 aliphatic rings. The van der Waals surface area contributed by atoms with Crippen LogP contribution in [-0.2, 0) is 11.3 Å². The lowest BCUT2D eigenvalue weighted by molar-refractivity contribution is -0.114. The van der Waals surface area contributed by atoms with Crippen LogP contribution in [0.2, 0.25) is 0 Å². The summed E-state index contributed by atoms with van der Waals surface area (Å²) in [7, 11) is 0. The van der Waals surface area contributed by atoms with Crippen molar-refractivity contribution in [3.05, 3.63) is 29.8 Å². The van der Waals surface area contributed by atoms with Crippen LogP contribution in [0.25, 0.3) is 0 Å². The third-order valence-electron chi connectivity index (χ3n) is 2.36. The van der Waals surface area contributed by atoms with Crippen molar-refractivity contribution in [2.45, 2.75) is 27.3 Å². The second kappa shape index (κ2) is 8.13. The minimum Gasteiger partial charge on any atom is -0.357 e. The van der Waals surface area contributed by atoms with E-state index in [1.54, 1.807) is 0 Å². The predicted octanol–water partition coefficient (Wildman–Crippen LogP) is 1.72. The molecule has 0 aromatic heterocycles. The molecule has 0 unspecified atom stereocenters. The molecule has 104 valence electrons. The number of amides is 1. The minimum absolute atomic E-state index is 0.0679. The summed E-state index contributed by atoms with van der Waals surface area (Å²) >= 11 is 0. The number of carbonyl (C=O) groups excluding carboxylic acids is 1. The smallest absolute Gasteiger partial charge is 0.221 e. The van der Waals surface area contributed by atoms with Crippen LogP contribution in [0.15, 0.2) is 29.3 Å². The zero-order valence-electron chi connectivity index (χ0n) is 11.8. The third-order valence-corrected chi connectivity index (χ3v) is 2.36. The summed E-state index contributed by atoms with van der Waals surface area (Å²) in [6, 6.07) is 7.70. The lowest BCUT2D eigenvalue weighted by atomic mass is 10.2. The molecule has 0 radical (unpaired) electrons. The summed E-state index contributed by atoms with van der Waals surface area (Å²) in [5, 5.41) is 9.10. The van der Waals surface area contributed by atoms with Crippen LogP contribution < -0.4 is 16.0 Å². The van der Waals surface area contributed by atoms with Crippen molar-refractivity contribution in [3.8, 4) is 0 Å². The highest BCUT2D eigenvalue weighted by Gasteiger charge is 1.99. The molecule has 0 fully saturated rings. The molecule has 1 rings (SSSR count). The van der Waals surface area contributed by atoms with Crippen LogP contribution in [0.5, 0.6) is 0 Å². The van der Waals surface area contributed by atoms with Crippen LogP contribution in [0.3, 0.4) is 0 Å². The van der Waals surface area contributed by atoms with E-state index in [1.165, 1.54) is 6.92 Å². The lowest BCUT2D eigenvalue weighted by Crippen LogP contribution is -2.36. The molecule has 1 aromatic carbocycles. The van der Waals surface area contributed by atoms with Crippen LogP contribution in [0.4, 0.5) is 5.69 Å². The van der Waals surface area contributed by atoms with E-state index >= 15 is 0 Å². The van der Waals surface area contributed by atoms with Crippen LogP contribution in [-0.4, -0.2) is 25.0 Å². The molecule has 3 N–H and O–H groups in total. The van der Waals surface area contributed by atoms with E-state index in [1.807, 2.05) is 38.1 Å². The summed E-state index contributed by atoms with van der Waals surface area (Å²) < 4.78 is 0. The largest absolute Gasteiger partial charge is 0.357 e. The van der Waals surface area contributed by atoms with Gasteiger partial charge in [-0.05, 0) is 31.5 Å². The Morgan fingerprint density at radius 1 is 1.21 bits per heavy atom. The van der Waals surface area contributed by atoms with Gasteiger partial charge in [-0.3, -0.25) is 4.79 Å². The highest BCUT2D eigenvalue weighted by atomic mass is 16.1. The Balaban J connectivity index is 2.69. The van der Waals surface area contributed by atoms with Crippen molar-refractivity contribution in [1.82, 2.24) is 10.6 Å². The number of rotatable bonds is 5. The van der Waals surface area contributed by atoms with Gasteiger partial charge in [-0.15, -0.1) is 0 Å². The van der Waals surface area contributed by atoms with E-state index in [4.69, 9.17) is 0 Å².